The lowest BCUT2D eigenvalue weighted by molar-refractivity contribution is -0.985. The normalized spacial score (nSPS) is 27.2. The molecule has 3 aliphatic rings. The summed E-state index contributed by atoms with van der Waals surface area (Å²) in [5.74, 6) is -9.44. The van der Waals surface area contributed by atoms with Crippen molar-refractivity contribution in [3.63, 3.8) is 0 Å². The third-order valence-electron chi connectivity index (χ3n) is 7.82. The number of pyridine rings is 1. The van der Waals surface area contributed by atoms with Gasteiger partial charge in [0.05, 0.1) is 24.2 Å². The highest BCUT2D eigenvalue weighted by atomic mass is 19.2. The highest BCUT2D eigenvalue weighted by Gasteiger charge is 2.54. The van der Waals surface area contributed by atoms with E-state index in [-0.39, 0.29) is 16.3 Å². The fourth-order valence-electron chi connectivity index (χ4n) is 6.07. The lowest BCUT2D eigenvalue weighted by Crippen LogP contribution is -2.67. The van der Waals surface area contributed by atoms with Crippen LogP contribution in [0.4, 0.5) is 22.0 Å². The molecule has 6 rings (SSSR count). The van der Waals surface area contributed by atoms with Crippen LogP contribution in [-0.4, -0.2) is 33.7 Å². The lowest BCUT2D eigenvalue weighted by atomic mass is 9.71. The number of piperidine rings is 3. The van der Waals surface area contributed by atoms with Gasteiger partial charge in [-0.25, -0.2) is 22.0 Å². The molecule has 4 unspecified atom stereocenters. The van der Waals surface area contributed by atoms with Crippen LogP contribution in [0.15, 0.2) is 49.2 Å². The number of quaternary nitrogens is 1. The van der Waals surface area contributed by atoms with Gasteiger partial charge < -0.3 is 9.59 Å². The summed E-state index contributed by atoms with van der Waals surface area (Å²) in [6, 6.07) is 8.57. The Kier molecular flexibility index (Phi) is 5.68. The number of halogens is 5. The Bertz CT molecular complexity index is 1250. The third-order valence-corrected chi connectivity index (χ3v) is 7.82. The molecule has 0 spiro atoms. The van der Waals surface area contributed by atoms with E-state index in [1.807, 2.05) is 24.3 Å². The molecule has 2 aromatic carbocycles. The van der Waals surface area contributed by atoms with E-state index in [2.05, 4.69) is 11.6 Å². The Morgan fingerprint density at radius 1 is 1.03 bits per heavy atom. The molecule has 0 aliphatic carbocycles. The van der Waals surface area contributed by atoms with Gasteiger partial charge in [-0.1, -0.05) is 24.3 Å². The monoisotopic (exact) mass is 475 g/mol. The maximum atomic E-state index is 14.7. The van der Waals surface area contributed by atoms with Crippen LogP contribution in [0.1, 0.15) is 30.1 Å². The molecule has 178 valence electrons. The highest BCUT2D eigenvalue weighted by molar-refractivity contribution is 5.82. The molecule has 0 saturated carbocycles. The van der Waals surface area contributed by atoms with Gasteiger partial charge in [0.1, 0.15) is 18.7 Å². The van der Waals surface area contributed by atoms with Crippen LogP contribution < -0.4 is 0 Å². The van der Waals surface area contributed by atoms with Gasteiger partial charge in [0.25, 0.3) is 0 Å². The molecule has 3 fully saturated rings. The van der Waals surface area contributed by atoms with Crippen molar-refractivity contribution in [3.8, 4) is 0 Å². The average molecular weight is 475 g/mol. The lowest BCUT2D eigenvalue weighted by Gasteiger charge is -2.58. The minimum atomic E-state index is -2.17. The Hall–Kier alpha value is -2.84. The molecule has 8 heteroatoms. The molecule has 0 amide bonds. The number of para-hydroxylation sites is 1. The van der Waals surface area contributed by atoms with Crippen LogP contribution in [0.5, 0.6) is 0 Å². The van der Waals surface area contributed by atoms with Crippen LogP contribution in [0, 0.1) is 40.9 Å². The Labute approximate surface area is 193 Å². The Morgan fingerprint density at radius 3 is 2.41 bits per heavy atom. The summed E-state index contributed by atoms with van der Waals surface area (Å²) in [6.45, 7) is 4.34. The molecule has 5 atom stereocenters. The van der Waals surface area contributed by atoms with E-state index in [0.29, 0.717) is 37.0 Å². The van der Waals surface area contributed by atoms with Gasteiger partial charge in [0.15, 0.2) is 23.3 Å². The first kappa shape index (κ1) is 22.9. The van der Waals surface area contributed by atoms with Gasteiger partial charge in [-0.3, -0.25) is 4.98 Å². The molecule has 4 heterocycles. The maximum Gasteiger partial charge on any atom is 0.200 e. The van der Waals surface area contributed by atoms with E-state index in [1.165, 1.54) is 0 Å². The van der Waals surface area contributed by atoms with Crippen molar-refractivity contribution in [3.05, 3.63) is 89.4 Å². The van der Waals surface area contributed by atoms with Gasteiger partial charge in [-0.15, -0.1) is 6.58 Å². The molecule has 2 bridgehead atoms. The Morgan fingerprint density at radius 2 is 1.71 bits per heavy atom. The number of aromatic nitrogens is 1. The highest BCUT2D eigenvalue weighted by Crippen LogP contribution is 2.48. The summed E-state index contributed by atoms with van der Waals surface area (Å²) in [7, 11) is 0. The second-order valence-corrected chi connectivity index (χ2v) is 9.44. The fourth-order valence-corrected chi connectivity index (χ4v) is 6.07. The number of fused-ring (bicyclic) bond motifs is 4. The van der Waals surface area contributed by atoms with Crippen molar-refractivity contribution in [2.75, 3.05) is 13.1 Å². The zero-order valence-corrected chi connectivity index (χ0v) is 18.3. The number of aliphatic hydroxyl groups excluding tert-OH is 1. The molecule has 34 heavy (non-hydrogen) atoms. The van der Waals surface area contributed by atoms with Crippen molar-refractivity contribution < 1.29 is 31.5 Å². The number of aliphatic hydroxyl groups is 1. The first-order valence-electron chi connectivity index (χ1n) is 11.3. The molecule has 1 N–H and O–H groups in total. The smallest absolute Gasteiger partial charge is 0.200 e. The zero-order chi connectivity index (χ0) is 24.2. The van der Waals surface area contributed by atoms with E-state index in [1.54, 1.807) is 18.3 Å². The number of nitrogens with zero attached hydrogens (tertiary/aromatic N) is 2. The van der Waals surface area contributed by atoms with Crippen molar-refractivity contribution in [1.82, 2.24) is 4.98 Å². The van der Waals surface area contributed by atoms with E-state index in [9.17, 15) is 27.1 Å². The average Bonchev–Trinajstić information content (AvgIpc) is 2.88. The number of hydrogen-bond donors (Lipinski definition) is 1. The van der Waals surface area contributed by atoms with Crippen LogP contribution in [0.2, 0.25) is 0 Å². The second kappa shape index (κ2) is 8.43. The quantitative estimate of drug-likeness (QED) is 0.172. The van der Waals surface area contributed by atoms with Crippen molar-refractivity contribution >= 4 is 10.9 Å². The maximum absolute atomic E-state index is 14.7. The van der Waals surface area contributed by atoms with Crippen molar-refractivity contribution in [2.24, 2.45) is 11.8 Å². The van der Waals surface area contributed by atoms with Gasteiger partial charge in [-0.2, -0.15) is 0 Å². The largest absolute Gasteiger partial charge is 0.382 e. The first-order chi connectivity index (χ1) is 16.3. The molecule has 1 aromatic heterocycles. The van der Waals surface area contributed by atoms with Crippen LogP contribution >= 0.6 is 0 Å². The molecule has 0 radical (unpaired) electrons. The molecule has 3 aromatic rings. The van der Waals surface area contributed by atoms with Gasteiger partial charge in [0.2, 0.25) is 5.82 Å². The SMILES string of the molecule is C=CC1C[N+]2(Cc3c(F)c(F)c(F)c(F)c3F)CCC1CC2[C@@H](O)c1ccnc2ccccc12. The molecular formula is C26H24F5N2O+. The summed E-state index contributed by atoms with van der Waals surface area (Å²) < 4.78 is 71.1. The van der Waals surface area contributed by atoms with E-state index < -0.39 is 53.3 Å². The standard InChI is InChI=1S/C26H24F5N2O/c1-2-14-12-33(13-18-21(27)23(29)25(31)24(30)22(18)28)10-8-15(14)11-20(33)26(34)17-7-9-32-19-6-4-3-5-16(17)19/h2-7,9,14-15,20,26,34H,1,8,10-13H2/q+1/t14?,15?,20?,26-,33?/m0/s1. The minimum absolute atomic E-state index is 0.0172. The zero-order valence-electron chi connectivity index (χ0n) is 18.3. The first-order valence-corrected chi connectivity index (χ1v) is 11.3. The second-order valence-electron chi connectivity index (χ2n) is 9.44. The van der Waals surface area contributed by atoms with Crippen LogP contribution in [-0.2, 0) is 6.54 Å². The summed E-state index contributed by atoms with van der Waals surface area (Å²) >= 11 is 0. The third kappa shape index (κ3) is 3.43. The summed E-state index contributed by atoms with van der Waals surface area (Å²) in [5, 5.41) is 12.4. The van der Waals surface area contributed by atoms with Crippen molar-refractivity contribution in [1.29, 1.82) is 0 Å². The molecule has 3 saturated heterocycles. The Balaban J connectivity index is 1.61. The summed E-state index contributed by atoms with van der Waals surface area (Å²) in [4.78, 5) is 4.33. The van der Waals surface area contributed by atoms with Crippen LogP contribution in [0.25, 0.3) is 10.9 Å². The van der Waals surface area contributed by atoms with Gasteiger partial charge in [-0.05, 0) is 23.6 Å². The fraction of sp³-hybridized carbons (Fsp3) is 0.346. The predicted molar refractivity (Wildman–Crippen MR) is 117 cm³/mol. The van der Waals surface area contributed by atoms with Gasteiger partial charge in [0, 0.05) is 30.3 Å². The summed E-state index contributed by atoms with van der Waals surface area (Å²) in [6.07, 6.45) is 3.64. The number of hydrogen-bond acceptors (Lipinski definition) is 2. The van der Waals surface area contributed by atoms with Crippen LogP contribution in [0.3, 0.4) is 0 Å². The van der Waals surface area contributed by atoms with Crippen molar-refractivity contribution in [2.45, 2.75) is 31.5 Å². The number of rotatable bonds is 5. The molecular weight excluding hydrogens is 451 g/mol. The minimum Gasteiger partial charge on any atom is -0.382 e. The molecule has 3 aliphatic heterocycles. The number of benzene rings is 2. The topological polar surface area (TPSA) is 33.1 Å². The summed E-state index contributed by atoms with van der Waals surface area (Å²) in [5.41, 5.74) is 0.495. The predicted octanol–water partition coefficient (Wildman–Crippen LogP) is 5.58. The van der Waals surface area contributed by atoms with E-state index in [4.69, 9.17) is 0 Å². The van der Waals surface area contributed by atoms with Gasteiger partial charge >= 0.3 is 0 Å². The van der Waals surface area contributed by atoms with E-state index in [0.717, 1.165) is 5.39 Å². The molecule has 3 nitrogen and oxygen atoms in total. The van der Waals surface area contributed by atoms with E-state index >= 15 is 0 Å².